The number of rotatable bonds is 7. The van der Waals surface area contributed by atoms with E-state index in [4.69, 9.17) is 5.11 Å². The highest BCUT2D eigenvalue weighted by molar-refractivity contribution is 5.85. The van der Waals surface area contributed by atoms with Gasteiger partial charge in [-0.2, -0.15) is 5.10 Å². The molecular formula is C13H21N5O. The predicted molar refractivity (Wildman–Crippen MR) is 74.9 cm³/mol. The zero-order chi connectivity index (χ0) is 13.7. The largest absolute Gasteiger partial charge is 0.396 e. The predicted octanol–water partition coefficient (Wildman–Crippen LogP) is 1.57. The smallest absolute Gasteiger partial charge is 0.186 e. The Morgan fingerprint density at radius 2 is 2.21 bits per heavy atom. The topological polar surface area (TPSA) is 75.9 Å². The number of hydrogen-bond acceptors (Lipinski definition) is 5. The highest BCUT2D eigenvalue weighted by Crippen LogP contribution is 2.19. The van der Waals surface area contributed by atoms with Gasteiger partial charge in [0, 0.05) is 26.4 Å². The minimum atomic E-state index is 0.235. The van der Waals surface area contributed by atoms with E-state index in [1.54, 1.807) is 4.68 Å². The maximum absolute atomic E-state index is 9.07. The molecule has 1 atom stereocenters. The van der Waals surface area contributed by atoms with Crippen molar-refractivity contribution in [3.63, 3.8) is 0 Å². The number of aliphatic hydroxyl groups is 1. The van der Waals surface area contributed by atoms with Crippen molar-refractivity contribution in [1.82, 2.24) is 19.7 Å². The van der Waals surface area contributed by atoms with Crippen LogP contribution < -0.4 is 5.32 Å². The van der Waals surface area contributed by atoms with Crippen LogP contribution in [0.1, 0.15) is 26.2 Å². The number of fused-ring (bicyclic) bond motifs is 1. The minimum Gasteiger partial charge on any atom is -0.396 e. The van der Waals surface area contributed by atoms with Crippen LogP contribution in [-0.2, 0) is 7.05 Å². The summed E-state index contributed by atoms with van der Waals surface area (Å²) in [5.41, 5.74) is 0.703. The third-order valence-corrected chi connectivity index (χ3v) is 3.22. The number of aryl methyl sites for hydroxylation is 1. The van der Waals surface area contributed by atoms with Gasteiger partial charge in [0.2, 0.25) is 0 Å². The summed E-state index contributed by atoms with van der Waals surface area (Å²) < 4.78 is 1.74. The van der Waals surface area contributed by atoms with Crippen LogP contribution in [0.2, 0.25) is 0 Å². The first-order valence-corrected chi connectivity index (χ1v) is 6.73. The highest BCUT2D eigenvalue weighted by atomic mass is 16.3. The van der Waals surface area contributed by atoms with E-state index in [9.17, 15) is 0 Å². The van der Waals surface area contributed by atoms with E-state index in [1.165, 1.54) is 6.33 Å². The maximum Gasteiger partial charge on any atom is 0.186 e. The van der Waals surface area contributed by atoms with Crippen molar-refractivity contribution in [3.8, 4) is 0 Å². The van der Waals surface area contributed by atoms with Gasteiger partial charge in [-0.1, -0.05) is 13.3 Å². The molecule has 2 N–H and O–H groups in total. The summed E-state index contributed by atoms with van der Waals surface area (Å²) >= 11 is 0. The van der Waals surface area contributed by atoms with E-state index in [0.29, 0.717) is 11.6 Å². The van der Waals surface area contributed by atoms with Crippen LogP contribution in [0.25, 0.3) is 11.0 Å². The minimum absolute atomic E-state index is 0.235. The summed E-state index contributed by atoms with van der Waals surface area (Å²) in [7, 11) is 1.87. The number of hydrogen-bond donors (Lipinski definition) is 2. The summed E-state index contributed by atoms with van der Waals surface area (Å²) in [5, 5.41) is 17.6. The van der Waals surface area contributed by atoms with Gasteiger partial charge >= 0.3 is 0 Å². The van der Waals surface area contributed by atoms with Crippen LogP contribution in [0.5, 0.6) is 0 Å². The number of aromatic nitrogens is 4. The van der Waals surface area contributed by atoms with E-state index in [1.807, 2.05) is 13.2 Å². The Morgan fingerprint density at radius 3 is 2.95 bits per heavy atom. The molecule has 0 bridgehead atoms. The molecule has 0 spiro atoms. The zero-order valence-corrected chi connectivity index (χ0v) is 11.5. The van der Waals surface area contributed by atoms with Crippen LogP contribution in [0.15, 0.2) is 12.5 Å². The molecule has 104 valence electrons. The number of nitrogens with zero attached hydrogens (tertiary/aromatic N) is 4. The Hall–Kier alpha value is -1.69. The lowest BCUT2D eigenvalue weighted by Crippen LogP contribution is -2.16. The average molecular weight is 263 g/mol. The summed E-state index contributed by atoms with van der Waals surface area (Å²) in [6, 6.07) is 0. The van der Waals surface area contributed by atoms with Crippen LogP contribution in [0.3, 0.4) is 0 Å². The molecular weight excluding hydrogens is 242 g/mol. The normalized spacial score (nSPS) is 12.8. The van der Waals surface area contributed by atoms with Gasteiger partial charge in [-0.05, 0) is 18.8 Å². The Balaban J connectivity index is 2.08. The fourth-order valence-electron chi connectivity index (χ4n) is 2.27. The third kappa shape index (κ3) is 3.41. The molecule has 0 aliphatic rings. The molecule has 0 aliphatic heterocycles. The van der Waals surface area contributed by atoms with Gasteiger partial charge in [-0.3, -0.25) is 4.68 Å². The Kier molecular flexibility index (Phi) is 4.68. The van der Waals surface area contributed by atoms with E-state index >= 15 is 0 Å². The molecule has 0 saturated carbocycles. The SMILES string of the molecule is CCCC(CCO)CNc1ncnc2nn(C)cc12. The Labute approximate surface area is 112 Å². The molecule has 0 aromatic carbocycles. The molecule has 0 saturated heterocycles. The molecule has 0 fully saturated rings. The van der Waals surface area contributed by atoms with Crippen molar-refractivity contribution < 1.29 is 5.11 Å². The standard InChI is InChI=1S/C13H21N5O/c1-3-4-10(5-6-19)7-14-12-11-8-18(2)17-13(11)16-9-15-12/h8-10,19H,3-7H2,1-2H3,(H,14,15,16,17). The first-order valence-electron chi connectivity index (χ1n) is 6.73. The van der Waals surface area contributed by atoms with Crippen LogP contribution >= 0.6 is 0 Å². The molecule has 2 aromatic rings. The molecule has 0 amide bonds. The Morgan fingerprint density at radius 1 is 1.37 bits per heavy atom. The molecule has 19 heavy (non-hydrogen) atoms. The average Bonchev–Trinajstić information content (AvgIpc) is 2.77. The number of nitrogens with one attached hydrogen (secondary N) is 1. The fraction of sp³-hybridized carbons (Fsp3) is 0.615. The van der Waals surface area contributed by atoms with Crippen molar-refractivity contribution in [2.24, 2.45) is 13.0 Å². The quantitative estimate of drug-likeness (QED) is 0.793. The monoisotopic (exact) mass is 263 g/mol. The molecule has 1 unspecified atom stereocenters. The molecule has 2 rings (SSSR count). The summed E-state index contributed by atoms with van der Waals surface area (Å²) in [6.45, 7) is 3.21. The maximum atomic E-state index is 9.07. The van der Waals surface area contributed by atoms with Gasteiger partial charge in [-0.25, -0.2) is 9.97 Å². The van der Waals surface area contributed by atoms with Crippen LogP contribution in [0, 0.1) is 5.92 Å². The first-order chi connectivity index (χ1) is 9.24. The van der Waals surface area contributed by atoms with Gasteiger partial charge in [-0.15, -0.1) is 0 Å². The van der Waals surface area contributed by atoms with Crippen molar-refractivity contribution in [2.45, 2.75) is 26.2 Å². The van der Waals surface area contributed by atoms with Gasteiger partial charge in [0.25, 0.3) is 0 Å². The second-order valence-electron chi connectivity index (χ2n) is 4.81. The molecule has 2 heterocycles. The molecule has 0 aliphatic carbocycles. The molecule has 0 radical (unpaired) electrons. The summed E-state index contributed by atoms with van der Waals surface area (Å²) in [6.07, 6.45) is 6.49. The molecule has 6 nitrogen and oxygen atoms in total. The molecule has 6 heteroatoms. The van der Waals surface area contributed by atoms with Gasteiger partial charge in [0.05, 0.1) is 5.39 Å². The van der Waals surface area contributed by atoms with Gasteiger partial charge in [0.1, 0.15) is 12.1 Å². The van der Waals surface area contributed by atoms with Crippen molar-refractivity contribution in [2.75, 3.05) is 18.5 Å². The number of anilines is 1. The lowest BCUT2D eigenvalue weighted by atomic mass is 10.0. The van der Waals surface area contributed by atoms with E-state index in [0.717, 1.165) is 37.0 Å². The third-order valence-electron chi connectivity index (χ3n) is 3.22. The van der Waals surface area contributed by atoms with Crippen molar-refractivity contribution in [3.05, 3.63) is 12.5 Å². The Bertz CT molecular complexity index is 519. The van der Waals surface area contributed by atoms with Crippen molar-refractivity contribution in [1.29, 1.82) is 0 Å². The first kappa shape index (κ1) is 13.7. The summed E-state index contributed by atoms with van der Waals surface area (Å²) in [4.78, 5) is 8.41. The summed E-state index contributed by atoms with van der Waals surface area (Å²) in [5.74, 6) is 1.29. The van der Waals surface area contributed by atoms with E-state index in [-0.39, 0.29) is 6.61 Å². The van der Waals surface area contributed by atoms with E-state index in [2.05, 4.69) is 27.3 Å². The zero-order valence-electron chi connectivity index (χ0n) is 11.5. The fourth-order valence-corrected chi connectivity index (χ4v) is 2.27. The lowest BCUT2D eigenvalue weighted by Gasteiger charge is -2.16. The molecule has 2 aromatic heterocycles. The van der Waals surface area contributed by atoms with Crippen LogP contribution in [0.4, 0.5) is 5.82 Å². The second kappa shape index (κ2) is 6.47. The lowest BCUT2D eigenvalue weighted by molar-refractivity contribution is 0.255. The van der Waals surface area contributed by atoms with Gasteiger partial charge < -0.3 is 10.4 Å². The van der Waals surface area contributed by atoms with Crippen LogP contribution in [-0.4, -0.2) is 38.0 Å². The highest BCUT2D eigenvalue weighted by Gasteiger charge is 2.10. The number of aliphatic hydroxyl groups excluding tert-OH is 1. The van der Waals surface area contributed by atoms with E-state index < -0.39 is 0 Å². The van der Waals surface area contributed by atoms with Crippen molar-refractivity contribution >= 4 is 16.9 Å². The second-order valence-corrected chi connectivity index (χ2v) is 4.81. The van der Waals surface area contributed by atoms with Gasteiger partial charge in [0.15, 0.2) is 5.65 Å².